The molecule has 3 aromatic carbocycles. The maximum absolute atomic E-state index is 5.39. The lowest BCUT2D eigenvalue weighted by molar-refractivity contribution is 0.598. The van der Waals surface area contributed by atoms with Gasteiger partial charge in [-0.3, -0.25) is 4.99 Å². The second-order valence-electron chi connectivity index (χ2n) is 15.0. The van der Waals surface area contributed by atoms with Gasteiger partial charge in [0, 0.05) is 54.9 Å². The Morgan fingerprint density at radius 2 is 0.659 bits per heavy atom. The molecule has 0 aliphatic heterocycles. The van der Waals surface area contributed by atoms with Crippen molar-refractivity contribution in [3.8, 4) is 0 Å². The molecule has 0 saturated heterocycles. The van der Waals surface area contributed by atoms with Gasteiger partial charge in [0.15, 0.2) is 0 Å². The van der Waals surface area contributed by atoms with Crippen LogP contribution in [0.3, 0.4) is 0 Å². The predicted molar refractivity (Wildman–Crippen MR) is 193 cm³/mol. The first-order valence-electron chi connectivity index (χ1n) is 17.6. The van der Waals surface area contributed by atoms with Gasteiger partial charge in [0.1, 0.15) is 27.4 Å². The monoisotopic (exact) mass is 608 g/mol. The Labute approximate surface area is 269 Å². The number of unbranched alkanes of at least 4 members (excludes halogenated alkanes) is 1. The van der Waals surface area contributed by atoms with Crippen LogP contribution in [0.4, 0.5) is 34.1 Å². The highest BCUT2D eigenvalue weighted by Gasteiger charge is 2.38. The first-order valence-corrected chi connectivity index (χ1v) is 17.6. The predicted octanol–water partition coefficient (Wildman–Crippen LogP) is 7.97. The van der Waals surface area contributed by atoms with E-state index in [1.807, 2.05) is 0 Å². The smallest absolute Gasteiger partial charge is 0.119 e. The van der Waals surface area contributed by atoms with Crippen LogP contribution in [0.5, 0.6) is 0 Å². The zero-order valence-electron chi connectivity index (χ0n) is 31.4. The zero-order chi connectivity index (χ0) is 33.4. The Morgan fingerprint density at radius 1 is 0.409 bits per heavy atom. The summed E-state index contributed by atoms with van der Waals surface area (Å²) in [6, 6.07) is 3.08. The largest absolute Gasteiger partial charge is 0.363 e. The summed E-state index contributed by atoms with van der Waals surface area (Å²) in [6.07, 6.45) is 2.20. The van der Waals surface area contributed by atoms with Crippen LogP contribution in [0.15, 0.2) is 15.0 Å². The molecule has 0 fully saturated rings. The van der Waals surface area contributed by atoms with Crippen LogP contribution >= 0.6 is 0 Å². The third-order valence-corrected chi connectivity index (χ3v) is 8.54. The van der Waals surface area contributed by atoms with E-state index in [0.717, 1.165) is 46.8 Å². The fraction of sp³-hybridized carbons (Fsp3) is 0.757. The van der Waals surface area contributed by atoms with Crippen molar-refractivity contribution in [2.45, 2.75) is 179 Å². The Hall–Kier alpha value is -2.57. The average Bonchev–Trinajstić information content (AvgIpc) is 3.82. The quantitative estimate of drug-likeness (QED) is 0.146. The highest BCUT2D eigenvalue weighted by Crippen LogP contribution is 2.43. The molecule has 248 valence electrons. The fourth-order valence-electron chi connectivity index (χ4n) is 7.05. The summed E-state index contributed by atoms with van der Waals surface area (Å²) in [7, 11) is 0. The van der Waals surface area contributed by atoms with E-state index in [-0.39, 0.29) is 0 Å². The molecule has 44 heavy (non-hydrogen) atoms. The van der Waals surface area contributed by atoms with Gasteiger partial charge < -0.3 is 19.6 Å². The van der Waals surface area contributed by atoms with Crippen LogP contribution in [0.2, 0.25) is 0 Å². The highest BCUT2D eigenvalue weighted by molar-refractivity contribution is 5.90. The first kappa shape index (κ1) is 35.9. The molecule has 0 amide bonds. The minimum Gasteiger partial charge on any atom is -0.363 e. The molecule has 0 bridgehead atoms. The van der Waals surface area contributed by atoms with Crippen LogP contribution in [-0.2, 0) is 0 Å². The summed E-state index contributed by atoms with van der Waals surface area (Å²) >= 11 is 0. The van der Waals surface area contributed by atoms with Crippen molar-refractivity contribution in [1.29, 1.82) is 0 Å². The van der Waals surface area contributed by atoms with Crippen LogP contribution < -0.4 is 35.7 Å². The molecule has 0 heterocycles. The van der Waals surface area contributed by atoms with Gasteiger partial charge in [-0.25, -0.2) is 9.98 Å². The van der Waals surface area contributed by atoms with Crippen LogP contribution in [0, 0.1) is 0 Å². The fourth-order valence-corrected chi connectivity index (χ4v) is 7.05. The van der Waals surface area contributed by atoms with Crippen molar-refractivity contribution in [1.82, 2.24) is 0 Å². The molecule has 7 heteroatoms. The molecule has 0 radical (unpaired) electrons. The second-order valence-corrected chi connectivity index (χ2v) is 15.0. The Bertz CT molecular complexity index is 1200. The van der Waals surface area contributed by atoms with E-state index in [1.54, 1.807) is 0 Å². The molecular formula is C37H65N7. The van der Waals surface area contributed by atoms with Gasteiger partial charge in [-0.1, -0.05) is 13.3 Å². The highest BCUT2D eigenvalue weighted by atomic mass is 15.3. The summed E-state index contributed by atoms with van der Waals surface area (Å²) in [5.74, 6) is 0. The summed E-state index contributed by atoms with van der Waals surface area (Å²) in [5.41, 5.74) is 7.11. The van der Waals surface area contributed by atoms with E-state index in [1.165, 1.54) is 22.7 Å². The molecule has 0 aromatic heterocycles. The molecule has 0 atom stereocenters. The normalized spacial score (nSPS) is 12.8. The standard InChI is InChI=1S/C37H65N7/c1-18-19-20-38-29-30(39-32-34(41(21(2)3)22(4)5)35(32)42(23(6)7)24(8)9)31(29)40-33-36(43(25(10)11)26(12)13)37(33)44(27(14)15)28(16)17/h21-28H,18-20H2,1-17H3. The van der Waals surface area contributed by atoms with Crippen molar-refractivity contribution in [3.05, 3.63) is 16.1 Å². The average molecular weight is 608 g/mol. The van der Waals surface area contributed by atoms with Crippen LogP contribution in [0.25, 0.3) is 0 Å². The van der Waals surface area contributed by atoms with E-state index < -0.39 is 0 Å². The zero-order valence-corrected chi connectivity index (χ0v) is 31.4. The molecule has 0 aliphatic rings. The van der Waals surface area contributed by atoms with E-state index in [2.05, 4.69) is 137 Å². The van der Waals surface area contributed by atoms with Gasteiger partial charge in [0.2, 0.25) is 0 Å². The lowest BCUT2D eigenvalue weighted by Crippen LogP contribution is -2.38. The van der Waals surface area contributed by atoms with Crippen molar-refractivity contribution in [2.75, 3.05) is 26.1 Å². The maximum Gasteiger partial charge on any atom is 0.119 e. The van der Waals surface area contributed by atoms with Crippen molar-refractivity contribution in [2.24, 2.45) is 15.0 Å². The molecule has 0 saturated carbocycles. The molecule has 0 N–H and O–H groups in total. The van der Waals surface area contributed by atoms with Crippen LogP contribution in [0.1, 0.15) is 131 Å². The third-order valence-electron chi connectivity index (χ3n) is 8.54. The van der Waals surface area contributed by atoms with E-state index in [9.17, 15) is 0 Å². The lowest BCUT2D eigenvalue weighted by atomic mass is 10.2. The number of rotatable bonds is 17. The molecular weight excluding hydrogens is 542 g/mol. The molecule has 0 unspecified atom stereocenters. The van der Waals surface area contributed by atoms with Gasteiger partial charge in [0.05, 0.1) is 22.7 Å². The lowest BCUT2D eigenvalue weighted by Gasteiger charge is -2.33. The third kappa shape index (κ3) is 7.45. The number of nitrogens with zero attached hydrogens (tertiary/aromatic N) is 7. The van der Waals surface area contributed by atoms with Crippen LogP contribution in [-0.4, -0.2) is 54.9 Å². The summed E-state index contributed by atoms with van der Waals surface area (Å²) in [5, 5.41) is 3.23. The maximum atomic E-state index is 5.39. The number of hydrogen-bond acceptors (Lipinski definition) is 7. The Balaban J connectivity index is 2.28. The number of hydrogen-bond donors (Lipinski definition) is 0. The SMILES string of the molecule is CCCCN=c1c(N=c2c(N(C(C)C)C(C)C)c2N(C(C)C)C(C)C)c1N=c1c(N(C(C)C)C(C)C)c1N(C(C)C)C(C)C. The molecule has 3 aromatic rings. The minimum absolute atomic E-state index is 0.386. The van der Waals surface area contributed by atoms with Gasteiger partial charge in [-0.15, -0.1) is 0 Å². The van der Waals surface area contributed by atoms with Gasteiger partial charge in [-0.2, -0.15) is 0 Å². The second kappa shape index (κ2) is 14.2. The van der Waals surface area contributed by atoms with Gasteiger partial charge in [0.25, 0.3) is 0 Å². The summed E-state index contributed by atoms with van der Waals surface area (Å²) in [4.78, 5) is 25.9. The first-order chi connectivity index (χ1) is 20.5. The van der Waals surface area contributed by atoms with Crippen molar-refractivity contribution in [3.63, 3.8) is 0 Å². The van der Waals surface area contributed by atoms with E-state index in [4.69, 9.17) is 15.0 Å². The van der Waals surface area contributed by atoms with E-state index >= 15 is 0 Å². The summed E-state index contributed by atoms with van der Waals surface area (Å²) < 4.78 is 0. The molecule has 0 spiro atoms. The minimum atomic E-state index is 0.386. The Morgan fingerprint density at radius 3 is 0.864 bits per heavy atom. The topological polar surface area (TPSA) is 50.0 Å². The van der Waals surface area contributed by atoms with Gasteiger partial charge >= 0.3 is 0 Å². The van der Waals surface area contributed by atoms with Crippen molar-refractivity contribution >= 4 is 34.1 Å². The molecule has 0 aliphatic carbocycles. The van der Waals surface area contributed by atoms with E-state index in [0.29, 0.717) is 48.3 Å². The molecule has 7 nitrogen and oxygen atoms in total. The summed E-state index contributed by atoms with van der Waals surface area (Å²) in [6.45, 7) is 39.6. The van der Waals surface area contributed by atoms with Crippen molar-refractivity contribution < 1.29 is 0 Å². The Kier molecular flexibility index (Phi) is 11.6. The molecule has 3 rings (SSSR count). The van der Waals surface area contributed by atoms with Gasteiger partial charge in [-0.05, 0) is 117 Å². The number of anilines is 4.